The molecule has 0 radical (unpaired) electrons. The second kappa shape index (κ2) is 7.93. The van der Waals surface area contributed by atoms with Crippen LogP contribution in [0.3, 0.4) is 0 Å². The summed E-state index contributed by atoms with van der Waals surface area (Å²) in [5.74, 6) is -0.578. The van der Waals surface area contributed by atoms with E-state index in [4.69, 9.17) is 0 Å². The van der Waals surface area contributed by atoms with E-state index in [1.807, 2.05) is 44.2 Å². The van der Waals surface area contributed by atoms with Crippen molar-refractivity contribution >= 4 is 21.7 Å². The number of hydrogen-bond acceptors (Lipinski definition) is 4. The third-order valence-electron chi connectivity index (χ3n) is 4.19. The van der Waals surface area contributed by atoms with Crippen LogP contribution in [0.4, 0.5) is 0 Å². The molecule has 2 rings (SSSR count). The lowest BCUT2D eigenvalue weighted by molar-refractivity contribution is -0.133. The summed E-state index contributed by atoms with van der Waals surface area (Å²) in [7, 11) is -3.43. The highest BCUT2D eigenvalue weighted by Crippen LogP contribution is 2.22. The fraction of sp³-hybridized carbons (Fsp3) is 0.444. The number of carbonyl (C=O) groups is 2. The average Bonchev–Trinajstić information content (AvgIpc) is 2.56. The topological polar surface area (TPSA) is 83.6 Å². The summed E-state index contributed by atoms with van der Waals surface area (Å²) in [6.07, 6.45) is 2.93. The molecule has 6 nitrogen and oxygen atoms in total. The zero-order chi connectivity index (χ0) is 18.5. The van der Waals surface area contributed by atoms with Crippen LogP contribution in [0.15, 0.2) is 42.6 Å². The summed E-state index contributed by atoms with van der Waals surface area (Å²) in [5.41, 5.74) is 0.742. The van der Waals surface area contributed by atoms with Crippen LogP contribution in [0.1, 0.15) is 32.3 Å². The van der Waals surface area contributed by atoms with Gasteiger partial charge in [-0.2, -0.15) is 0 Å². The van der Waals surface area contributed by atoms with Gasteiger partial charge in [0.25, 0.3) is 0 Å². The minimum Gasteiger partial charge on any atom is -0.319 e. The predicted octanol–water partition coefficient (Wildman–Crippen LogP) is 1.59. The fourth-order valence-electron chi connectivity index (χ4n) is 2.54. The Kier molecular flexibility index (Phi) is 6.13. The van der Waals surface area contributed by atoms with E-state index in [0.29, 0.717) is 13.0 Å². The molecule has 0 atom stereocenters. The Balaban J connectivity index is 1.83. The molecule has 0 unspecified atom stereocenters. The number of amides is 1. The molecular formula is C18H24N2O4S. The van der Waals surface area contributed by atoms with Crippen molar-refractivity contribution < 1.29 is 18.0 Å². The van der Waals surface area contributed by atoms with Gasteiger partial charge < -0.3 is 4.90 Å². The molecule has 0 bridgehead atoms. The number of carbonyl (C=O) groups excluding carboxylic acids is 2. The first kappa shape index (κ1) is 19.3. The second-order valence-electron chi connectivity index (χ2n) is 6.79. The normalized spacial score (nSPS) is 15.7. The van der Waals surface area contributed by atoms with Crippen LogP contribution in [-0.4, -0.2) is 43.9 Å². The van der Waals surface area contributed by atoms with E-state index in [9.17, 15) is 18.0 Å². The first-order valence-corrected chi connectivity index (χ1v) is 9.88. The molecule has 1 aromatic carbocycles. The van der Waals surface area contributed by atoms with E-state index in [0.717, 1.165) is 5.56 Å². The van der Waals surface area contributed by atoms with Gasteiger partial charge in [-0.3, -0.25) is 9.59 Å². The van der Waals surface area contributed by atoms with Gasteiger partial charge in [-0.15, -0.1) is 0 Å². The summed E-state index contributed by atoms with van der Waals surface area (Å²) in [6.45, 7) is 4.56. The number of allylic oxidation sites excluding steroid dienone is 1. The monoisotopic (exact) mass is 364 g/mol. The predicted molar refractivity (Wildman–Crippen MR) is 96.4 cm³/mol. The lowest BCUT2D eigenvalue weighted by Gasteiger charge is -2.26. The van der Waals surface area contributed by atoms with Crippen molar-refractivity contribution in [3.05, 3.63) is 48.2 Å². The minimum absolute atomic E-state index is 0.0660. The van der Waals surface area contributed by atoms with Crippen LogP contribution in [0.25, 0.3) is 0 Å². The highest BCUT2D eigenvalue weighted by Gasteiger charge is 2.24. The van der Waals surface area contributed by atoms with Gasteiger partial charge in [0.05, 0.1) is 12.2 Å². The first-order valence-electron chi connectivity index (χ1n) is 8.23. The number of nitrogens with zero attached hydrogens (tertiary/aromatic N) is 1. The highest BCUT2D eigenvalue weighted by atomic mass is 32.2. The molecule has 1 N–H and O–H groups in total. The van der Waals surface area contributed by atoms with Crippen molar-refractivity contribution in [3.8, 4) is 0 Å². The van der Waals surface area contributed by atoms with Gasteiger partial charge >= 0.3 is 0 Å². The quantitative estimate of drug-likeness (QED) is 0.710. The molecule has 1 aliphatic rings. The standard InChI is InChI=1S/C18H24N2O4S/c1-18(2,15-7-4-3-5-8-15)14-19-25(23,24)12-6-10-20-11-9-16(21)13-17(20)22/h3-5,7-9,11,19H,6,10,12-14H2,1-2H3. The van der Waals surface area contributed by atoms with Crippen LogP contribution in [-0.2, 0) is 25.0 Å². The van der Waals surface area contributed by atoms with Gasteiger partial charge in [0.2, 0.25) is 15.9 Å². The lowest BCUT2D eigenvalue weighted by atomic mass is 9.85. The van der Waals surface area contributed by atoms with Crippen LogP contribution in [0, 0.1) is 0 Å². The average molecular weight is 364 g/mol. The largest absolute Gasteiger partial charge is 0.319 e. The van der Waals surface area contributed by atoms with Crippen molar-refractivity contribution in [1.82, 2.24) is 9.62 Å². The van der Waals surface area contributed by atoms with Crippen molar-refractivity contribution in [3.63, 3.8) is 0 Å². The smallest absolute Gasteiger partial charge is 0.234 e. The Morgan fingerprint density at radius 3 is 2.48 bits per heavy atom. The van der Waals surface area contributed by atoms with Gasteiger partial charge in [0.1, 0.15) is 0 Å². The molecule has 1 heterocycles. The number of benzene rings is 1. The summed E-state index contributed by atoms with van der Waals surface area (Å²) >= 11 is 0. The van der Waals surface area contributed by atoms with Gasteiger partial charge in [0.15, 0.2) is 5.78 Å². The molecule has 1 aromatic rings. The summed E-state index contributed by atoms with van der Waals surface area (Å²) < 4.78 is 27.0. The van der Waals surface area contributed by atoms with Crippen molar-refractivity contribution in [2.75, 3.05) is 18.8 Å². The molecule has 1 aliphatic heterocycles. The third kappa shape index (κ3) is 5.79. The molecular weight excluding hydrogens is 340 g/mol. The molecule has 136 valence electrons. The number of nitrogens with one attached hydrogen (secondary N) is 1. The minimum atomic E-state index is -3.43. The first-order chi connectivity index (χ1) is 11.7. The molecule has 0 saturated heterocycles. The number of ketones is 1. The van der Waals surface area contributed by atoms with E-state index >= 15 is 0 Å². The molecule has 7 heteroatoms. The lowest BCUT2D eigenvalue weighted by Crippen LogP contribution is -2.38. The maximum absolute atomic E-state index is 12.2. The molecule has 0 spiro atoms. The molecule has 1 amide bonds. The van der Waals surface area contributed by atoms with Gasteiger partial charge in [-0.25, -0.2) is 13.1 Å². The Labute approximate surface area is 149 Å². The van der Waals surface area contributed by atoms with E-state index in [-0.39, 0.29) is 35.8 Å². The molecule has 25 heavy (non-hydrogen) atoms. The van der Waals surface area contributed by atoms with Crippen molar-refractivity contribution in [1.29, 1.82) is 0 Å². The van der Waals surface area contributed by atoms with Crippen molar-refractivity contribution in [2.24, 2.45) is 0 Å². The summed E-state index contributed by atoms with van der Waals surface area (Å²) in [5, 5.41) is 0. The van der Waals surface area contributed by atoms with Crippen LogP contribution in [0.5, 0.6) is 0 Å². The molecule has 0 fully saturated rings. The number of hydrogen-bond donors (Lipinski definition) is 1. The van der Waals surface area contributed by atoms with E-state index in [1.54, 1.807) is 0 Å². The van der Waals surface area contributed by atoms with E-state index in [2.05, 4.69) is 4.72 Å². The van der Waals surface area contributed by atoms with Crippen molar-refractivity contribution in [2.45, 2.75) is 32.1 Å². The van der Waals surface area contributed by atoms with Gasteiger partial charge in [-0.05, 0) is 18.1 Å². The van der Waals surface area contributed by atoms with Gasteiger partial charge in [-0.1, -0.05) is 44.2 Å². The third-order valence-corrected chi connectivity index (χ3v) is 5.60. The molecule has 0 aliphatic carbocycles. The van der Waals surface area contributed by atoms with Gasteiger partial charge in [0, 0.05) is 24.7 Å². The maximum atomic E-state index is 12.2. The Morgan fingerprint density at radius 2 is 1.84 bits per heavy atom. The molecule has 0 aromatic heterocycles. The Morgan fingerprint density at radius 1 is 1.16 bits per heavy atom. The zero-order valence-corrected chi connectivity index (χ0v) is 15.4. The zero-order valence-electron chi connectivity index (χ0n) is 14.6. The second-order valence-corrected chi connectivity index (χ2v) is 8.72. The summed E-state index contributed by atoms with van der Waals surface area (Å²) in [6, 6.07) is 9.74. The van der Waals surface area contributed by atoms with Crippen LogP contribution in [0.2, 0.25) is 0 Å². The SMILES string of the molecule is CC(C)(CNS(=O)(=O)CCCN1C=CC(=O)CC1=O)c1ccccc1. The maximum Gasteiger partial charge on any atom is 0.234 e. The Hall–Kier alpha value is -1.99. The summed E-state index contributed by atoms with van der Waals surface area (Å²) in [4.78, 5) is 24.2. The fourth-order valence-corrected chi connectivity index (χ4v) is 3.78. The number of sulfonamides is 1. The molecule has 0 saturated carbocycles. The highest BCUT2D eigenvalue weighted by molar-refractivity contribution is 7.89. The Bertz CT molecular complexity index is 755. The van der Waals surface area contributed by atoms with E-state index < -0.39 is 10.0 Å². The van der Waals surface area contributed by atoms with Crippen LogP contribution < -0.4 is 4.72 Å². The van der Waals surface area contributed by atoms with E-state index in [1.165, 1.54) is 17.2 Å². The van der Waals surface area contributed by atoms with Crippen LogP contribution >= 0.6 is 0 Å². The number of rotatable bonds is 8.